The van der Waals surface area contributed by atoms with Gasteiger partial charge in [0.15, 0.2) is 0 Å². The number of anilines is 1. The zero-order valence-electron chi connectivity index (χ0n) is 11.9. The molecule has 0 aromatic heterocycles. The molecule has 2 rings (SSSR count). The largest absolute Gasteiger partial charge is 0.480 e. The first-order valence-corrected chi connectivity index (χ1v) is 6.85. The average molecular weight is 312 g/mol. The number of carboxylic acid groups (broad SMARTS) is 1. The van der Waals surface area contributed by atoms with Crippen LogP contribution in [-0.2, 0) is 11.0 Å². The molecule has 0 saturated heterocycles. The number of hydrogen-bond acceptors (Lipinski definition) is 3. The van der Waals surface area contributed by atoms with Gasteiger partial charge in [-0.1, -0.05) is 0 Å². The van der Waals surface area contributed by atoms with Gasteiger partial charge in [-0.05, 0) is 43.9 Å². The number of alkyl halides is 3. The SMILES string of the molecule is CC(C(=O)O)N(CC1CC1)c1ccc(C#N)c(C(F)(F)F)c1. The highest BCUT2D eigenvalue weighted by molar-refractivity contribution is 5.78. The number of hydrogen-bond donors (Lipinski definition) is 1. The molecule has 1 N–H and O–H groups in total. The van der Waals surface area contributed by atoms with Crippen LogP contribution >= 0.6 is 0 Å². The highest BCUT2D eigenvalue weighted by atomic mass is 19.4. The number of nitrogens with zero attached hydrogens (tertiary/aromatic N) is 2. The lowest BCUT2D eigenvalue weighted by molar-refractivity contribution is -0.138. The molecule has 118 valence electrons. The van der Waals surface area contributed by atoms with Crippen LogP contribution in [0.25, 0.3) is 0 Å². The van der Waals surface area contributed by atoms with Crippen LogP contribution in [0.1, 0.15) is 30.9 Å². The molecule has 7 heteroatoms. The van der Waals surface area contributed by atoms with Crippen molar-refractivity contribution >= 4 is 11.7 Å². The molecule has 0 radical (unpaired) electrons. The van der Waals surface area contributed by atoms with Gasteiger partial charge in [-0.2, -0.15) is 18.4 Å². The van der Waals surface area contributed by atoms with Gasteiger partial charge >= 0.3 is 12.1 Å². The van der Waals surface area contributed by atoms with Gasteiger partial charge in [-0.15, -0.1) is 0 Å². The zero-order valence-corrected chi connectivity index (χ0v) is 11.9. The highest BCUT2D eigenvalue weighted by Gasteiger charge is 2.35. The lowest BCUT2D eigenvalue weighted by Gasteiger charge is -2.29. The molecule has 1 aromatic rings. The Morgan fingerprint density at radius 1 is 1.50 bits per heavy atom. The van der Waals surface area contributed by atoms with E-state index in [2.05, 4.69) is 0 Å². The third-order valence-corrected chi connectivity index (χ3v) is 3.74. The molecule has 1 saturated carbocycles. The normalized spacial score (nSPS) is 16.0. The number of nitriles is 1. The van der Waals surface area contributed by atoms with E-state index in [1.54, 1.807) is 0 Å². The number of aliphatic carboxylic acids is 1. The number of benzene rings is 1. The first-order chi connectivity index (χ1) is 10.2. The zero-order chi connectivity index (χ0) is 16.5. The number of carbonyl (C=O) groups is 1. The standard InChI is InChI=1S/C15H15F3N2O2/c1-9(14(21)22)20(8-10-2-3-10)12-5-4-11(7-19)13(6-12)15(16,17)18/h4-6,9-10H,2-3,8H2,1H3,(H,21,22). The first-order valence-electron chi connectivity index (χ1n) is 6.85. The van der Waals surface area contributed by atoms with Crippen LogP contribution in [0, 0.1) is 17.2 Å². The smallest absolute Gasteiger partial charge is 0.417 e. The summed E-state index contributed by atoms with van der Waals surface area (Å²) in [5.41, 5.74) is -1.33. The Kier molecular flexibility index (Phi) is 4.31. The molecule has 1 aliphatic rings. The second kappa shape index (κ2) is 5.87. The van der Waals surface area contributed by atoms with Gasteiger partial charge in [0.2, 0.25) is 0 Å². The number of halogens is 3. The van der Waals surface area contributed by atoms with Gasteiger partial charge in [0, 0.05) is 12.2 Å². The van der Waals surface area contributed by atoms with Gasteiger partial charge in [-0.3, -0.25) is 0 Å². The van der Waals surface area contributed by atoms with Crippen molar-refractivity contribution in [2.45, 2.75) is 32.0 Å². The van der Waals surface area contributed by atoms with Gasteiger partial charge in [-0.25, -0.2) is 4.79 Å². The van der Waals surface area contributed by atoms with Crippen molar-refractivity contribution in [3.8, 4) is 6.07 Å². The maximum absolute atomic E-state index is 13.0. The maximum Gasteiger partial charge on any atom is 0.417 e. The van der Waals surface area contributed by atoms with Crippen LogP contribution in [-0.4, -0.2) is 23.7 Å². The third-order valence-electron chi connectivity index (χ3n) is 3.74. The minimum Gasteiger partial charge on any atom is -0.480 e. The van der Waals surface area contributed by atoms with Crippen molar-refractivity contribution in [2.24, 2.45) is 5.92 Å². The predicted molar refractivity (Wildman–Crippen MR) is 73.3 cm³/mol. The minimum absolute atomic E-state index is 0.174. The molecular formula is C15H15F3N2O2. The minimum atomic E-state index is -4.65. The molecule has 0 spiro atoms. The Bertz CT molecular complexity index is 618. The summed E-state index contributed by atoms with van der Waals surface area (Å²) in [5.74, 6) is -0.787. The fourth-order valence-corrected chi connectivity index (χ4v) is 2.24. The Morgan fingerprint density at radius 3 is 2.59 bits per heavy atom. The van der Waals surface area contributed by atoms with Crippen molar-refractivity contribution in [3.05, 3.63) is 29.3 Å². The summed E-state index contributed by atoms with van der Waals surface area (Å²) in [6, 6.07) is 3.91. The van der Waals surface area contributed by atoms with Crippen LogP contribution in [0.2, 0.25) is 0 Å². The Hall–Kier alpha value is -2.23. The van der Waals surface area contributed by atoms with Crippen LogP contribution in [0.3, 0.4) is 0 Å². The van der Waals surface area contributed by atoms with E-state index >= 15 is 0 Å². The maximum atomic E-state index is 13.0. The summed E-state index contributed by atoms with van der Waals surface area (Å²) < 4.78 is 39.1. The van der Waals surface area contributed by atoms with Crippen LogP contribution < -0.4 is 4.90 Å². The molecule has 0 bridgehead atoms. The summed E-state index contributed by atoms with van der Waals surface area (Å²) in [6.45, 7) is 1.84. The van der Waals surface area contributed by atoms with Gasteiger partial charge in [0.1, 0.15) is 6.04 Å². The van der Waals surface area contributed by atoms with E-state index in [1.807, 2.05) is 0 Å². The summed E-state index contributed by atoms with van der Waals surface area (Å²) in [5, 5.41) is 18.0. The molecule has 1 aromatic carbocycles. The fraction of sp³-hybridized carbons (Fsp3) is 0.467. The molecule has 0 heterocycles. The second-order valence-corrected chi connectivity index (χ2v) is 5.45. The monoisotopic (exact) mass is 312 g/mol. The Labute approximate surface area is 125 Å². The van der Waals surface area contributed by atoms with Crippen molar-refractivity contribution < 1.29 is 23.1 Å². The van der Waals surface area contributed by atoms with E-state index in [0.29, 0.717) is 12.5 Å². The number of rotatable bonds is 5. The molecule has 1 fully saturated rings. The van der Waals surface area contributed by atoms with Gasteiger partial charge < -0.3 is 10.0 Å². The van der Waals surface area contributed by atoms with Gasteiger partial charge in [0.05, 0.1) is 17.2 Å². The van der Waals surface area contributed by atoms with Crippen LogP contribution in [0.15, 0.2) is 18.2 Å². The summed E-state index contributed by atoms with van der Waals surface area (Å²) in [6.07, 6.45) is -2.75. The fourth-order valence-electron chi connectivity index (χ4n) is 2.24. The summed E-state index contributed by atoms with van der Waals surface area (Å²) in [4.78, 5) is 12.7. The Morgan fingerprint density at radius 2 is 2.14 bits per heavy atom. The predicted octanol–water partition coefficient (Wildman–Crippen LogP) is 3.27. The van der Waals surface area contributed by atoms with E-state index in [4.69, 9.17) is 10.4 Å². The van der Waals surface area contributed by atoms with Crippen molar-refractivity contribution in [3.63, 3.8) is 0 Å². The van der Waals surface area contributed by atoms with E-state index in [-0.39, 0.29) is 5.69 Å². The average Bonchev–Trinajstić information content (AvgIpc) is 3.26. The Balaban J connectivity index is 2.43. The van der Waals surface area contributed by atoms with E-state index < -0.39 is 29.3 Å². The molecule has 0 amide bonds. The van der Waals surface area contributed by atoms with Crippen LogP contribution in [0.5, 0.6) is 0 Å². The van der Waals surface area contributed by atoms with Crippen molar-refractivity contribution in [2.75, 3.05) is 11.4 Å². The molecule has 4 nitrogen and oxygen atoms in total. The lowest BCUT2D eigenvalue weighted by Crippen LogP contribution is -2.40. The second-order valence-electron chi connectivity index (χ2n) is 5.45. The first kappa shape index (κ1) is 16.1. The molecule has 1 atom stereocenters. The van der Waals surface area contributed by atoms with E-state index in [1.165, 1.54) is 24.0 Å². The van der Waals surface area contributed by atoms with Crippen LogP contribution in [0.4, 0.5) is 18.9 Å². The highest BCUT2D eigenvalue weighted by Crippen LogP contribution is 2.37. The lowest BCUT2D eigenvalue weighted by atomic mass is 10.1. The summed E-state index contributed by atoms with van der Waals surface area (Å²) in [7, 11) is 0. The topological polar surface area (TPSA) is 64.3 Å². The molecule has 22 heavy (non-hydrogen) atoms. The van der Waals surface area contributed by atoms with Crippen molar-refractivity contribution in [1.29, 1.82) is 5.26 Å². The molecule has 0 aliphatic heterocycles. The van der Waals surface area contributed by atoms with E-state index in [9.17, 15) is 18.0 Å². The van der Waals surface area contributed by atoms with Crippen molar-refractivity contribution in [1.82, 2.24) is 0 Å². The quantitative estimate of drug-likeness (QED) is 0.906. The molecule has 1 unspecified atom stereocenters. The van der Waals surface area contributed by atoms with Gasteiger partial charge in [0.25, 0.3) is 0 Å². The summed E-state index contributed by atoms with van der Waals surface area (Å²) >= 11 is 0. The molecule has 1 aliphatic carbocycles. The van der Waals surface area contributed by atoms with E-state index in [0.717, 1.165) is 25.0 Å². The molecular weight excluding hydrogens is 297 g/mol. The third kappa shape index (κ3) is 3.50. The number of carboxylic acids is 1.